The van der Waals surface area contributed by atoms with E-state index in [2.05, 4.69) is 15.8 Å². The van der Waals surface area contributed by atoms with Crippen LogP contribution in [0, 0.1) is 5.92 Å². The Bertz CT molecular complexity index is 930. The van der Waals surface area contributed by atoms with Crippen molar-refractivity contribution in [1.29, 1.82) is 0 Å². The van der Waals surface area contributed by atoms with E-state index in [-0.39, 0.29) is 17.8 Å². The maximum absolute atomic E-state index is 11.1. The van der Waals surface area contributed by atoms with Crippen LogP contribution in [0.5, 0.6) is 5.75 Å². The lowest BCUT2D eigenvalue weighted by atomic mass is 10.3. The van der Waals surface area contributed by atoms with Gasteiger partial charge >= 0.3 is 0 Å². The molecule has 1 aromatic heterocycles. The average molecular weight is 415 g/mol. The molecule has 3 N–H and O–H groups in total. The first-order chi connectivity index (χ1) is 14.5. The van der Waals surface area contributed by atoms with Crippen LogP contribution in [0.3, 0.4) is 0 Å². The van der Waals surface area contributed by atoms with Crippen LogP contribution in [-0.4, -0.2) is 35.4 Å². The summed E-state index contributed by atoms with van der Waals surface area (Å²) in [5, 5.41) is 12.3. The second-order valence-electron chi connectivity index (χ2n) is 7.49. The second kappa shape index (κ2) is 10.2. The topological polar surface area (TPSA) is 106 Å². The molecule has 1 aromatic carbocycles. The fraction of sp³-hybridized carbons (Fsp3) is 0.455. The molecule has 1 fully saturated rings. The fourth-order valence-electron chi connectivity index (χ4n) is 2.83. The van der Waals surface area contributed by atoms with Gasteiger partial charge in [0, 0.05) is 19.4 Å². The first-order valence-corrected chi connectivity index (χ1v) is 10.2. The molecule has 0 spiro atoms. The lowest BCUT2D eigenvalue weighted by molar-refractivity contribution is -0.119. The molecule has 162 valence electrons. The van der Waals surface area contributed by atoms with E-state index in [1.54, 1.807) is 12.2 Å². The van der Waals surface area contributed by atoms with Gasteiger partial charge in [0.1, 0.15) is 23.6 Å². The molecule has 2 aromatic rings. The molecule has 30 heavy (non-hydrogen) atoms. The number of benzene rings is 1. The summed E-state index contributed by atoms with van der Waals surface area (Å²) in [5.41, 5.74) is 3.69. The summed E-state index contributed by atoms with van der Waals surface area (Å²) >= 11 is 0. The van der Waals surface area contributed by atoms with Crippen LogP contribution in [0.25, 0.3) is 16.8 Å². The molecule has 1 atom stereocenters. The number of aromatic nitrogens is 1. The number of hydroxylamine groups is 1. The van der Waals surface area contributed by atoms with E-state index in [0.29, 0.717) is 41.5 Å². The molecular formula is C22H29N3O5. The van der Waals surface area contributed by atoms with Gasteiger partial charge in [0.2, 0.25) is 11.8 Å². The van der Waals surface area contributed by atoms with E-state index >= 15 is 0 Å². The molecule has 0 saturated heterocycles. The SMILES string of the molecule is CC/C(=C\C=C(/NO)c1nc2ccc(OCC3CC3)cc2o1)OC[C@H](C)NC(C)=O. The number of allylic oxidation sites excluding steroid dienone is 3. The summed E-state index contributed by atoms with van der Waals surface area (Å²) in [6.07, 6.45) is 6.48. The third-order valence-electron chi connectivity index (χ3n) is 4.65. The lowest BCUT2D eigenvalue weighted by Gasteiger charge is -2.15. The van der Waals surface area contributed by atoms with Gasteiger partial charge in [-0.3, -0.25) is 15.5 Å². The van der Waals surface area contributed by atoms with Gasteiger partial charge in [-0.15, -0.1) is 0 Å². The van der Waals surface area contributed by atoms with Crippen molar-refractivity contribution in [1.82, 2.24) is 15.8 Å². The molecule has 0 unspecified atom stereocenters. The Morgan fingerprint density at radius 2 is 2.20 bits per heavy atom. The highest BCUT2D eigenvalue weighted by Gasteiger charge is 2.22. The van der Waals surface area contributed by atoms with Gasteiger partial charge in [-0.1, -0.05) is 6.92 Å². The predicted molar refractivity (Wildman–Crippen MR) is 113 cm³/mol. The number of nitrogens with zero attached hydrogens (tertiary/aromatic N) is 1. The van der Waals surface area contributed by atoms with E-state index < -0.39 is 0 Å². The van der Waals surface area contributed by atoms with Crippen LogP contribution in [0.4, 0.5) is 0 Å². The fourth-order valence-corrected chi connectivity index (χ4v) is 2.83. The molecule has 1 aliphatic rings. The first-order valence-electron chi connectivity index (χ1n) is 10.2. The number of carbonyl (C=O) groups excluding carboxylic acids is 1. The van der Waals surface area contributed by atoms with Gasteiger partial charge < -0.3 is 19.2 Å². The molecule has 1 heterocycles. The minimum absolute atomic E-state index is 0.100. The normalized spacial score (nSPS) is 15.7. The minimum atomic E-state index is -0.106. The Labute approximate surface area is 175 Å². The van der Waals surface area contributed by atoms with Gasteiger partial charge in [-0.25, -0.2) is 4.98 Å². The summed E-state index contributed by atoms with van der Waals surface area (Å²) in [6.45, 7) is 6.36. The maximum atomic E-state index is 11.1. The predicted octanol–water partition coefficient (Wildman–Crippen LogP) is 3.77. The van der Waals surface area contributed by atoms with E-state index in [1.807, 2.05) is 32.0 Å². The van der Waals surface area contributed by atoms with Crippen molar-refractivity contribution in [3.8, 4) is 5.75 Å². The molecule has 0 radical (unpaired) electrons. The van der Waals surface area contributed by atoms with E-state index in [9.17, 15) is 10.0 Å². The highest BCUT2D eigenvalue weighted by Crippen LogP contribution is 2.30. The largest absolute Gasteiger partial charge is 0.496 e. The highest BCUT2D eigenvalue weighted by atomic mass is 16.5. The maximum Gasteiger partial charge on any atom is 0.245 e. The molecular weight excluding hydrogens is 386 g/mol. The van der Waals surface area contributed by atoms with Crippen molar-refractivity contribution < 1.29 is 23.9 Å². The van der Waals surface area contributed by atoms with Crippen LogP contribution in [0.2, 0.25) is 0 Å². The number of hydrogen-bond acceptors (Lipinski definition) is 7. The van der Waals surface area contributed by atoms with E-state index in [1.165, 1.54) is 19.8 Å². The molecule has 0 aliphatic heterocycles. The lowest BCUT2D eigenvalue weighted by Crippen LogP contribution is -2.34. The number of amides is 1. The molecule has 1 aliphatic carbocycles. The Morgan fingerprint density at radius 3 is 2.87 bits per heavy atom. The monoisotopic (exact) mass is 415 g/mol. The van der Waals surface area contributed by atoms with Gasteiger partial charge in [0.05, 0.1) is 18.4 Å². The summed E-state index contributed by atoms with van der Waals surface area (Å²) in [5.74, 6) is 2.27. The number of oxazole rings is 1. The van der Waals surface area contributed by atoms with Crippen molar-refractivity contribution in [2.75, 3.05) is 13.2 Å². The van der Waals surface area contributed by atoms with Gasteiger partial charge in [-0.2, -0.15) is 0 Å². The van der Waals surface area contributed by atoms with Crippen molar-refractivity contribution in [3.63, 3.8) is 0 Å². The second-order valence-corrected chi connectivity index (χ2v) is 7.49. The Morgan fingerprint density at radius 1 is 1.40 bits per heavy atom. The molecule has 1 amide bonds. The van der Waals surface area contributed by atoms with E-state index in [4.69, 9.17) is 13.9 Å². The zero-order valence-corrected chi connectivity index (χ0v) is 17.6. The number of carbonyl (C=O) groups is 1. The van der Waals surface area contributed by atoms with Gasteiger partial charge in [0.25, 0.3) is 0 Å². The van der Waals surface area contributed by atoms with Crippen molar-refractivity contribution in [3.05, 3.63) is 42.0 Å². The van der Waals surface area contributed by atoms with Gasteiger partial charge in [-0.05, 0) is 50.0 Å². The Kier molecular flexibility index (Phi) is 7.35. The smallest absolute Gasteiger partial charge is 0.245 e. The van der Waals surface area contributed by atoms with Crippen molar-refractivity contribution >= 4 is 22.7 Å². The third-order valence-corrected chi connectivity index (χ3v) is 4.65. The van der Waals surface area contributed by atoms with Crippen LogP contribution >= 0.6 is 0 Å². The Balaban J connectivity index is 1.69. The number of nitrogens with one attached hydrogen (secondary N) is 2. The standard InChI is InChI=1S/C22H29N3O5/c1-4-17(28-12-14(2)23-15(3)26)7-10-20(25-27)22-24-19-9-8-18(11-21(19)30-22)29-13-16-5-6-16/h7-11,14,16,25,27H,4-6,12-13H2,1-3H3,(H,23,26)/b17-7+,20-10-/t14-/m0/s1. The van der Waals surface area contributed by atoms with Crippen LogP contribution in [-0.2, 0) is 9.53 Å². The minimum Gasteiger partial charge on any atom is -0.496 e. The Hall–Kier alpha value is -3.00. The average Bonchev–Trinajstić information content (AvgIpc) is 3.45. The molecule has 8 heteroatoms. The van der Waals surface area contributed by atoms with Crippen molar-refractivity contribution in [2.45, 2.75) is 46.1 Å². The summed E-state index contributed by atoms with van der Waals surface area (Å²) in [4.78, 5) is 15.5. The zero-order chi connectivity index (χ0) is 21.5. The van der Waals surface area contributed by atoms with E-state index in [0.717, 1.165) is 12.4 Å². The third kappa shape index (κ3) is 6.25. The highest BCUT2D eigenvalue weighted by molar-refractivity contribution is 5.77. The summed E-state index contributed by atoms with van der Waals surface area (Å²) in [6, 6.07) is 5.40. The van der Waals surface area contributed by atoms with Crippen LogP contribution in [0.1, 0.15) is 45.9 Å². The number of rotatable bonds is 11. The number of ether oxygens (including phenoxy) is 2. The quantitative estimate of drug-likeness (QED) is 0.291. The number of fused-ring (bicyclic) bond motifs is 1. The number of hydrogen-bond donors (Lipinski definition) is 3. The summed E-state index contributed by atoms with van der Waals surface area (Å²) in [7, 11) is 0. The van der Waals surface area contributed by atoms with Crippen LogP contribution in [0.15, 0.2) is 40.5 Å². The zero-order valence-electron chi connectivity index (χ0n) is 17.6. The summed E-state index contributed by atoms with van der Waals surface area (Å²) < 4.78 is 17.3. The molecule has 0 bridgehead atoms. The van der Waals surface area contributed by atoms with Crippen molar-refractivity contribution in [2.24, 2.45) is 5.92 Å². The molecule has 8 nitrogen and oxygen atoms in total. The molecule has 3 rings (SSSR count). The van der Waals surface area contributed by atoms with Gasteiger partial charge in [0.15, 0.2) is 5.58 Å². The molecule has 1 saturated carbocycles. The first kappa shape index (κ1) is 21.7. The van der Waals surface area contributed by atoms with Crippen LogP contribution < -0.4 is 15.5 Å².